The Morgan fingerprint density at radius 2 is 1.90 bits per heavy atom. The second-order valence-electron chi connectivity index (χ2n) is 6.74. The summed E-state index contributed by atoms with van der Waals surface area (Å²) in [6.45, 7) is 5.36. The van der Waals surface area contributed by atoms with Crippen LogP contribution in [0.2, 0.25) is 0 Å². The van der Waals surface area contributed by atoms with Gasteiger partial charge in [0.25, 0.3) is 5.69 Å². The van der Waals surface area contributed by atoms with Crippen LogP contribution in [0.5, 0.6) is 5.06 Å². The van der Waals surface area contributed by atoms with Crippen LogP contribution in [0.3, 0.4) is 0 Å². The number of esters is 1. The molecule has 0 saturated heterocycles. The molecule has 0 unspecified atom stereocenters. The molecule has 3 rings (SSSR count). The van der Waals surface area contributed by atoms with Gasteiger partial charge in [-0.05, 0) is 36.6 Å². The summed E-state index contributed by atoms with van der Waals surface area (Å²) in [5.74, 6) is -0.414. The van der Waals surface area contributed by atoms with Crippen LogP contribution in [0.4, 0.5) is 5.69 Å². The number of carbonyl (C=O) groups excluding carboxylic acids is 1. The highest BCUT2D eigenvalue weighted by Crippen LogP contribution is 2.37. The molecule has 8 heteroatoms. The molecule has 0 radical (unpaired) electrons. The van der Waals surface area contributed by atoms with Crippen LogP contribution in [0.25, 0.3) is 11.3 Å². The molecule has 0 bridgehead atoms. The molecule has 0 saturated carbocycles. The summed E-state index contributed by atoms with van der Waals surface area (Å²) in [7, 11) is 0. The van der Waals surface area contributed by atoms with E-state index in [9.17, 15) is 14.9 Å². The third-order valence-electron chi connectivity index (χ3n) is 4.53. The average molecular weight is 411 g/mol. The number of rotatable bonds is 6. The fourth-order valence-corrected chi connectivity index (χ4v) is 4.01. The number of thiazole rings is 1. The van der Waals surface area contributed by atoms with Crippen molar-refractivity contribution in [2.24, 2.45) is 5.73 Å². The van der Waals surface area contributed by atoms with E-state index < -0.39 is 5.97 Å². The van der Waals surface area contributed by atoms with E-state index in [2.05, 4.69) is 4.98 Å². The summed E-state index contributed by atoms with van der Waals surface area (Å²) < 4.78 is 5.38. The van der Waals surface area contributed by atoms with E-state index in [4.69, 9.17) is 10.5 Å². The minimum Gasteiger partial charge on any atom is -0.413 e. The number of benzene rings is 2. The topological polar surface area (TPSA) is 108 Å². The zero-order valence-corrected chi connectivity index (χ0v) is 17.2. The van der Waals surface area contributed by atoms with Crippen molar-refractivity contribution in [3.8, 4) is 16.3 Å². The minimum absolute atomic E-state index is 0.103. The molecular formula is C21H21N3O4S. The van der Waals surface area contributed by atoms with E-state index in [0.29, 0.717) is 29.3 Å². The van der Waals surface area contributed by atoms with Crippen LogP contribution in [0.15, 0.2) is 36.4 Å². The van der Waals surface area contributed by atoms with Gasteiger partial charge in [-0.2, -0.15) is 0 Å². The molecule has 1 heterocycles. The molecule has 0 atom stereocenters. The number of carbonyl (C=O) groups is 1. The Balaban J connectivity index is 1.98. The number of ether oxygens (including phenoxy) is 1. The Kier molecular flexibility index (Phi) is 6.05. The fraction of sp³-hybridized carbons (Fsp3) is 0.238. The van der Waals surface area contributed by atoms with Gasteiger partial charge in [0, 0.05) is 37.1 Å². The normalized spacial score (nSPS) is 10.8. The molecule has 0 amide bonds. The summed E-state index contributed by atoms with van der Waals surface area (Å²) in [5.41, 5.74) is 10.5. The molecule has 3 aromatic rings. The molecule has 2 N–H and O–H groups in total. The second kappa shape index (κ2) is 8.50. The standard InChI is InChI=1S/C21H21N3O4S/c1-12-9-18(24(26)27)13(2)8-17(12)10-19-23-20(21(29-19)28-14(3)25)16-6-4-15(11-22)5-7-16/h4-9H,10-11,22H2,1-3H3. The Hall–Kier alpha value is -3.10. The van der Waals surface area contributed by atoms with Crippen LogP contribution in [-0.2, 0) is 17.8 Å². The lowest BCUT2D eigenvalue weighted by Crippen LogP contribution is -2.01. The highest BCUT2D eigenvalue weighted by atomic mass is 32.1. The molecule has 29 heavy (non-hydrogen) atoms. The number of nitrogens with two attached hydrogens (primary N) is 1. The van der Waals surface area contributed by atoms with E-state index in [1.54, 1.807) is 13.0 Å². The number of nitro benzene ring substituents is 1. The molecule has 7 nitrogen and oxygen atoms in total. The van der Waals surface area contributed by atoms with Crippen molar-refractivity contribution in [3.05, 3.63) is 73.8 Å². The Morgan fingerprint density at radius 3 is 2.48 bits per heavy atom. The van der Waals surface area contributed by atoms with E-state index in [1.807, 2.05) is 37.3 Å². The Labute approximate surface area is 172 Å². The lowest BCUT2D eigenvalue weighted by atomic mass is 10.0. The van der Waals surface area contributed by atoms with Gasteiger partial charge < -0.3 is 10.5 Å². The molecular weight excluding hydrogens is 390 g/mol. The summed E-state index contributed by atoms with van der Waals surface area (Å²) in [6.07, 6.45) is 0.491. The largest absolute Gasteiger partial charge is 0.413 e. The molecule has 0 aliphatic heterocycles. The van der Waals surface area contributed by atoms with Crippen molar-refractivity contribution in [2.75, 3.05) is 0 Å². The smallest absolute Gasteiger partial charge is 0.308 e. The van der Waals surface area contributed by atoms with Crippen LogP contribution in [-0.4, -0.2) is 15.9 Å². The first kappa shape index (κ1) is 20.6. The number of hydrogen-bond acceptors (Lipinski definition) is 7. The van der Waals surface area contributed by atoms with E-state index >= 15 is 0 Å². The third-order valence-corrected chi connectivity index (χ3v) is 5.47. The van der Waals surface area contributed by atoms with E-state index in [1.165, 1.54) is 18.3 Å². The first-order valence-corrected chi connectivity index (χ1v) is 9.82. The maximum atomic E-state index is 11.5. The number of nitro groups is 1. The van der Waals surface area contributed by atoms with Gasteiger partial charge in [-0.1, -0.05) is 35.6 Å². The molecule has 0 fully saturated rings. The van der Waals surface area contributed by atoms with Crippen molar-refractivity contribution in [1.29, 1.82) is 0 Å². The van der Waals surface area contributed by atoms with Gasteiger partial charge in [-0.3, -0.25) is 14.9 Å². The predicted molar refractivity (Wildman–Crippen MR) is 112 cm³/mol. The maximum Gasteiger partial charge on any atom is 0.308 e. The van der Waals surface area contributed by atoms with Gasteiger partial charge in [0.2, 0.25) is 5.06 Å². The van der Waals surface area contributed by atoms with E-state index in [0.717, 1.165) is 27.3 Å². The second-order valence-corrected chi connectivity index (χ2v) is 7.78. The SMILES string of the molecule is CC(=O)Oc1sc(Cc2cc(C)c([N+](=O)[O-])cc2C)nc1-c1ccc(CN)cc1. The Bertz CT molecular complexity index is 1070. The van der Waals surface area contributed by atoms with Crippen molar-refractivity contribution < 1.29 is 14.5 Å². The molecule has 150 valence electrons. The quantitative estimate of drug-likeness (QED) is 0.368. The molecule has 0 aliphatic carbocycles. The fourth-order valence-electron chi connectivity index (χ4n) is 3.02. The zero-order chi connectivity index (χ0) is 21.1. The van der Waals surface area contributed by atoms with Gasteiger partial charge >= 0.3 is 5.97 Å². The van der Waals surface area contributed by atoms with Crippen molar-refractivity contribution >= 4 is 23.0 Å². The molecule has 2 aromatic carbocycles. The number of hydrogen-bond donors (Lipinski definition) is 1. The summed E-state index contributed by atoms with van der Waals surface area (Å²) >= 11 is 1.30. The number of aryl methyl sites for hydroxylation is 2. The third kappa shape index (κ3) is 4.67. The van der Waals surface area contributed by atoms with Crippen molar-refractivity contribution in [2.45, 2.75) is 33.7 Å². The lowest BCUT2D eigenvalue weighted by molar-refractivity contribution is -0.385. The summed E-state index contributed by atoms with van der Waals surface area (Å²) in [6, 6.07) is 11.0. The predicted octanol–water partition coefficient (Wildman–Crippen LogP) is 4.31. The van der Waals surface area contributed by atoms with Gasteiger partial charge in [0.05, 0.1) is 4.92 Å². The van der Waals surface area contributed by atoms with Gasteiger partial charge in [-0.15, -0.1) is 0 Å². The first-order chi connectivity index (χ1) is 13.8. The van der Waals surface area contributed by atoms with E-state index in [-0.39, 0.29) is 10.6 Å². The highest BCUT2D eigenvalue weighted by molar-refractivity contribution is 7.14. The Morgan fingerprint density at radius 1 is 1.21 bits per heavy atom. The van der Waals surface area contributed by atoms with Crippen LogP contribution in [0, 0.1) is 24.0 Å². The van der Waals surface area contributed by atoms with Gasteiger partial charge in [-0.25, -0.2) is 4.98 Å². The zero-order valence-electron chi connectivity index (χ0n) is 16.4. The average Bonchev–Trinajstić information content (AvgIpc) is 3.05. The van der Waals surface area contributed by atoms with Crippen LogP contribution in [0.1, 0.15) is 34.2 Å². The first-order valence-electron chi connectivity index (χ1n) is 9.00. The van der Waals surface area contributed by atoms with Crippen LogP contribution < -0.4 is 10.5 Å². The summed E-state index contributed by atoms with van der Waals surface area (Å²) in [5, 5.41) is 12.3. The summed E-state index contributed by atoms with van der Waals surface area (Å²) in [4.78, 5) is 27.0. The van der Waals surface area contributed by atoms with Crippen molar-refractivity contribution in [1.82, 2.24) is 4.98 Å². The molecule has 0 aliphatic rings. The number of aromatic nitrogens is 1. The molecule has 1 aromatic heterocycles. The maximum absolute atomic E-state index is 11.5. The van der Waals surface area contributed by atoms with Crippen LogP contribution >= 0.6 is 11.3 Å². The monoisotopic (exact) mass is 411 g/mol. The molecule has 0 spiro atoms. The lowest BCUT2D eigenvalue weighted by Gasteiger charge is -2.06. The van der Waals surface area contributed by atoms with Gasteiger partial charge in [0.15, 0.2) is 0 Å². The minimum atomic E-state index is -0.414. The number of nitrogens with zero attached hydrogens (tertiary/aromatic N) is 2. The van der Waals surface area contributed by atoms with Gasteiger partial charge in [0.1, 0.15) is 10.7 Å². The highest BCUT2D eigenvalue weighted by Gasteiger charge is 2.19. The van der Waals surface area contributed by atoms with Crippen molar-refractivity contribution in [3.63, 3.8) is 0 Å².